The first-order valence-electron chi connectivity index (χ1n) is 7.92. The molecule has 0 amide bonds. The molecule has 0 radical (unpaired) electrons. The molecule has 0 aliphatic carbocycles. The van der Waals surface area contributed by atoms with Crippen LogP contribution in [0.2, 0.25) is 0 Å². The summed E-state index contributed by atoms with van der Waals surface area (Å²) in [7, 11) is 0. The van der Waals surface area contributed by atoms with Crippen LogP contribution in [0.1, 0.15) is 6.42 Å². The highest BCUT2D eigenvalue weighted by Crippen LogP contribution is 2.24. The average molecular weight is 339 g/mol. The molecule has 0 aliphatic rings. The number of aromatic nitrogens is 3. The number of nitrogens with zero attached hydrogens (tertiary/aromatic N) is 3. The van der Waals surface area contributed by atoms with E-state index in [0.29, 0.717) is 36.1 Å². The number of benzene rings is 1. The molecule has 0 bridgehead atoms. The number of nitrogens with one attached hydrogen (secondary N) is 2. The van der Waals surface area contributed by atoms with Gasteiger partial charge in [-0.25, -0.2) is 9.37 Å². The molecule has 6 nitrogen and oxygen atoms in total. The van der Waals surface area contributed by atoms with Crippen molar-refractivity contribution in [3.63, 3.8) is 0 Å². The van der Waals surface area contributed by atoms with Crippen molar-refractivity contribution in [1.29, 1.82) is 0 Å². The smallest absolute Gasteiger partial charge is 0.225 e. The summed E-state index contributed by atoms with van der Waals surface area (Å²) in [6.07, 6.45) is 3.97. The third kappa shape index (κ3) is 4.48. The van der Waals surface area contributed by atoms with Crippen molar-refractivity contribution < 1.29 is 9.50 Å². The zero-order chi connectivity index (χ0) is 17.5. The Labute approximate surface area is 144 Å². The van der Waals surface area contributed by atoms with E-state index in [-0.39, 0.29) is 12.4 Å². The minimum atomic E-state index is -0.362. The van der Waals surface area contributed by atoms with Gasteiger partial charge in [-0.2, -0.15) is 4.98 Å². The van der Waals surface area contributed by atoms with E-state index in [1.165, 1.54) is 6.07 Å². The van der Waals surface area contributed by atoms with Crippen molar-refractivity contribution >= 4 is 17.5 Å². The maximum atomic E-state index is 13.9. The summed E-state index contributed by atoms with van der Waals surface area (Å²) in [5.74, 6) is 0.498. The highest BCUT2D eigenvalue weighted by Gasteiger charge is 2.09. The highest BCUT2D eigenvalue weighted by molar-refractivity contribution is 5.67. The van der Waals surface area contributed by atoms with E-state index in [1.54, 1.807) is 36.7 Å². The molecule has 7 heteroatoms. The monoisotopic (exact) mass is 339 g/mol. The molecular formula is C18H18FN5O. The minimum absolute atomic E-state index is 0.0790. The number of aliphatic hydroxyl groups is 1. The molecule has 0 saturated carbocycles. The zero-order valence-corrected chi connectivity index (χ0v) is 13.5. The zero-order valence-electron chi connectivity index (χ0n) is 13.5. The Kier molecular flexibility index (Phi) is 5.48. The van der Waals surface area contributed by atoms with Gasteiger partial charge in [-0.05, 0) is 30.7 Å². The molecule has 0 atom stereocenters. The maximum Gasteiger partial charge on any atom is 0.225 e. The molecule has 3 aromatic rings. The molecule has 0 unspecified atom stereocenters. The Morgan fingerprint density at radius 1 is 1.08 bits per heavy atom. The molecule has 128 valence electrons. The molecule has 2 heterocycles. The van der Waals surface area contributed by atoms with Gasteiger partial charge in [-0.15, -0.1) is 0 Å². The number of anilines is 3. The van der Waals surface area contributed by atoms with E-state index >= 15 is 0 Å². The number of pyridine rings is 1. The summed E-state index contributed by atoms with van der Waals surface area (Å²) in [5, 5.41) is 15.0. The van der Waals surface area contributed by atoms with Crippen molar-refractivity contribution in [2.75, 3.05) is 23.8 Å². The Balaban J connectivity index is 1.93. The first-order valence-corrected chi connectivity index (χ1v) is 7.92. The van der Waals surface area contributed by atoms with Crippen LogP contribution in [0, 0.1) is 5.82 Å². The SMILES string of the molecule is OCCCNc1nc(Nc2ccccc2F)cc(-c2cccnc2)n1. The fourth-order valence-electron chi connectivity index (χ4n) is 2.23. The van der Waals surface area contributed by atoms with Crippen molar-refractivity contribution in [3.8, 4) is 11.3 Å². The number of halogens is 1. The lowest BCUT2D eigenvalue weighted by atomic mass is 10.2. The van der Waals surface area contributed by atoms with Gasteiger partial charge < -0.3 is 15.7 Å². The molecule has 1 aromatic carbocycles. The molecule has 3 rings (SSSR count). The Morgan fingerprint density at radius 2 is 1.96 bits per heavy atom. The maximum absolute atomic E-state index is 13.9. The molecule has 2 aromatic heterocycles. The molecule has 0 saturated heterocycles. The van der Waals surface area contributed by atoms with Crippen LogP contribution in [-0.2, 0) is 0 Å². The predicted molar refractivity (Wildman–Crippen MR) is 95.1 cm³/mol. The van der Waals surface area contributed by atoms with Crippen molar-refractivity contribution in [2.45, 2.75) is 6.42 Å². The van der Waals surface area contributed by atoms with Gasteiger partial charge in [0, 0.05) is 37.2 Å². The van der Waals surface area contributed by atoms with E-state index in [9.17, 15) is 4.39 Å². The lowest BCUT2D eigenvalue weighted by Crippen LogP contribution is -2.09. The van der Waals surface area contributed by atoms with Gasteiger partial charge in [-0.3, -0.25) is 4.98 Å². The van der Waals surface area contributed by atoms with Crippen LogP contribution < -0.4 is 10.6 Å². The van der Waals surface area contributed by atoms with Crippen molar-refractivity contribution in [3.05, 3.63) is 60.7 Å². The third-order valence-electron chi connectivity index (χ3n) is 3.44. The Hall–Kier alpha value is -3.06. The molecular weight excluding hydrogens is 321 g/mol. The van der Waals surface area contributed by atoms with Crippen LogP contribution in [0.15, 0.2) is 54.9 Å². The van der Waals surface area contributed by atoms with Crippen molar-refractivity contribution in [1.82, 2.24) is 15.0 Å². The van der Waals surface area contributed by atoms with Crippen LogP contribution in [-0.4, -0.2) is 33.2 Å². The third-order valence-corrected chi connectivity index (χ3v) is 3.44. The van der Waals surface area contributed by atoms with Crippen molar-refractivity contribution in [2.24, 2.45) is 0 Å². The second-order valence-electron chi connectivity index (χ2n) is 5.31. The fraction of sp³-hybridized carbons (Fsp3) is 0.167. The number of hydrogen-bond donors (Lipinski definition) is 3. The van der Waals surface area contributed by atoms with Crippen LogP contribution >= 0.6 is 0 Å². The standard InChI is InChI=1S/C18H18FN5O/c19-14-6-1-2-7-15(14)22-17-11-16(13-5-3-8-20-12-13)23-18(24-17)21-9-4-10-25/h1-3,5-8,11-12,25H,4,9-10H2,(H2,21,22,23,24). The van der Waals surface area contributed by atoms with Crippen LogP contribution in [0.5, 0.6) is 0 Å². The van der Waals surface area contributed by atoms with Gasteiger partial charge in [0.25, 0.3) is 0 Å². The fourth-order valence-corrected chi connectivity index (χ4v) is 2.23. The topological polar surface area (TPSA) is 83.0 Å². The average Bonchev–Trinajstić information content (AvgIpc) is 2.64. The van der Waals surface area contributed by atoms with E-state index in [0.717, 1.165) is 5.56 Å². The van der Waals surface area contributed by atoms with Crippen LogP contribution in [0.3, 0.4) is 0 Å². The molecule has 0 spiro atoms. The summed E-state index contributed by atoms with van der Waals surface area (Å²) >= 11 is 0. The Bertz CT molecular complexity index is 829. The minimum Gasteiger partial charge on any atom is -0.396 e. The predicted octanol–water partition coefficient (Wildman–Crippen LogP) is 3.22. The lowest BCUT2D eigenvalue weighted by molar-refractivity contribution is 0.292. The quantitative estimate of drug-likeness (QED) is 0.573. The molecule has 3 N–H and O–H groups in total. The normalized spacial score (nSPS) is 10.5. The summed E-state index contributed by atoms with van der Waals surface area (Å²) in [4.78, 5) is 12.9. The van der Waals surface area contributed by atoms with Gasteiger partial charge in [0.15, 0.2) is 0 Å². The summed E-state index contributed by atoms with van der Waals surface area (Å²) < 4.78 is 13.9. The molecule has 0 fully saturated rings. The second-order valence-corrected chi connectivity index (χ2v) is 5.31. The van der Waals surface area contributed by atoms with E-state index in [2.05, 4.69) is 25.6 Å². The largest absolute Gasteiger partial charge is 0.396 e. The Morgan fingerprint density at radius 3 is 2.72 bits per heavy atom. The number of para-hydroxylation sites is 1. The first kappa shape index (κ1) is 16.8. The molecule has 25 heavy (non-hydrogen) atoms. The summed E-state index contributed by atoms with van der Waals surface area (Å²) in [5.41, 5.74) is 1.82. The summed E-state index contributed by atoms with van der Waals surface area (Å²) in [6.45, 7) is 0.613. The van der Waals surface area contributed by atoms with E-state index in [1.807, 2.05) is 12.1 Å². The lowest BCUT2D eigenvalue weighted by Gasteiger charge is -2.11. The highest BCUT2D eigenvalue weighted by atomic mass is 19.1. The van der Waals surface area contributed by atoms with Gasteiger partial charge in [0.2, 0.25) is 5.95 Å². The first-order chi connectivity index (χ1) is 12.3. The molecule has 0 aliphatic heterocycles. The van der Waals surface area contributed by atoms with E-state index < -0.39 is 0 Å². The summed E-state index contributed by atoms with van der Waals surface area (Å²) in [6, 6.07) is 11.8. The van der Waals surface area contributed by atoms with Crippen LogP contribution in [0.4, 0.5) is 21.8 Å². The van der Waals surface area contributed by atoms with E-state index in [4.69, 9.17) is 5.11 Å². The number of aliphatic hydroxyl groups excluding tert-OH is 1. The second kappa shape index (κ2) is 8.16. The number of rotatable bonds is 7. The van der Waals surface area contributed by atoms with Gasteiger partial charge in [0.05, 0.1) is 11.4 Å². The van der Waals surface area contributed by atoms with Gasteiger partial charge in [0.1, 0.15) is 11.6 Å². The van der Waals surface area contributed by atoms with Gasteiger partial charge >= 0.3 is 0 Å². The number of hydrogen-bond acceptors (Lipinski definition) is 6. The van der Waals surface area contributed by atoms with Crippen LogP contribution in [0.25, 0.3) is 11.3 Å². The van der Waals surface area contributed by atoms with Gasteiger partial charge in [-0.1, -0.05) is 12.1 Å².